The molecule has 0 atom stereocenters. The van der Waals surface area contributed by atoms with E-state index >= 15 is 0 Å². The topological polar surface area (TPSA) is 41.1 Å². The minimum absolute atomic E-state index is 0.207. The summed E-state index contributed by atoms with van der Waals surface area (Å²) in [6, 6.07) is 4.22. The second kappa shape index (κ2) is 5.36. The molecule has 1 amide bonds. The van der Waals surface area contributed by atoms with E-state index in [1.807, 2.05) is 6.92 Å². The second-order valence-corrected chi connectivity index (χ2v) is 5.84. The van der Waals surface area contributed by atoms with Gasteiger partial charge in [0.1, 0.15) is 5.82 Å². The lowest BCUT2D eigenvalue weighted by atomic mass is 9.90. The average molecular weight is 315 g/mol. The number of amides is 1. The summed E-state index contributed by atoms with van der Waals surface area (Å²) < 4.78 is 13.8. The van der Waals surface area contributed by atoms with Crippen LogP contribution in [0.3, 0.4) is 0 Å². The zero-order chi connectivity index (χ0) is 13.2. The minimum Gasteiger partial charge on any atom is -0.347 e. The normalized spacial score (nSPS) is 18.4. The van der Waals surface area contributed by atoms with Crippen LogP contribution in [0.1, 0.15) is 30.1 Å². The first-order chi connectivity index (χ1) is 8.48. The summed E-state index contributed by atoms with van der Waals surface area (Å²) in [6.07, 6.45) is 1.77. The van der Waals surface area contributed by atoms with E-state index in [9.17, 15) is 9.18 Å². The Morgan fingerprint density at radius 1 is 1.39 bits per heavy atom. The highest BCUT2D eigenvalue weighted by Crippen LogP contribution is 2.19. The van der Waals surface area contributed by atoms with Crippen molar-refractivity contribution in [2.45, 2.75) is 25.3 Å². The highest BCUT2D eigenvalue weighted by molar-refractivity contribution is 9.10. The fourth-order valence-electron chi connectivity index (χ4n) is 2.13. The van der Waals surface area contributed by atoms with Gasteiger partial charge in [0.25, 0.3) is 5.91 Å². The number of hydrogen-bond acceptors (Lipinski definition) is 2. The van der Waals surface area contributed by atoms with Crippen LogP contribution in [0.15, 0.2) is 22.7 Å². The number of carbonyl (C=O) groups excluding carboxylic acids is 1. The van der Waals surface area contributed by atoms with Crippen molar-refractivity contribution in [3.05, 3.63) is 34.1 Å². The van der Waals surface area contributed by atoms with Gasteiger partial charge in [0.05, 0.1) is 0 Å². The van der Waals surface area contributed by atoms with Crippen LogP contribution in [-0.2, 0) is 0 Å². The Labute approximate surface area is 114 Å². The summed E-state index contributed by atoms with van der Waals surface area (Å²) in [7, 11) is 0. The van der Waals surface area contributed by atoms with Gasteiger partial charge in [0.15, 0.2) is 0 Å². The number of carbonyl (C=O) groups is 1. The molecule has 1 aliphatic heterocycles. The molecule has 5 heteroatoms. The zero-order valence-electron chi connectivity index (χ0n) is 10.2. The first-order valence-electron chi connectivity index (χ1n) is 5.98. The maximum absolute atomic E-state index is 13.2. The van der Waals surface area contributed by atoms with Crippen molar-refractivity contribution in [1.82, 2.24) is 10.6 Å². The molecule has 0 unspecified atom stereocenters. The number of benzene rings is 1. The molecule has 2 rings (SSSR count). The zero-order valence-corrected chi connectivity index (χ0v) is 11.8. The fraction of sp³-hybridized carbons (Fsp3) is 0.462. The Morgan fingerprint density at radius 2 is 2.06 bits per heavy atom. The van der Waals surface area contributed by atoms with Gasteiger partial charge in [-0.2, -0.15) is 0 Å². The van der Waals surface area contributed by atoms with E-state index < -0.39 is 5.82 Å². The van der Waals surface area contributed by atoms with Gasteiger partial charge in [-0.1, -0.05) is 15.9 Å². The molecule has 1 heterocycles. The monoisotopic (exact) mass is 314 g/mol. The van der Waals surface area contributed by atoms with E-state index in [-0.39, 0.29) is 11.4 Å². The van der Waals surface area contributed by atoms with Crippen LogP contribution in [0.25, 0.3) is 0 Å². The number of piperidine rings is 1. The number of nitrogens with one attached hydrogen (secondary N) is 2. The maximum atomic E-state index is 13.2. The first-order valence-corrected chi connectivity index (χ1v) is 6.77. The van der Waals surface area contributed by atoms with Crippen LogP contribution in [0.5, 0.6) is 0 Å². The molecule has 18 heavy (non-hydrogen) atoms. The molecule has 3 nitrogen and oxygen atoms in total. The Hall–Kier alpha value is -0.940. The molecular formula is C13H16BrFN2O. The van der Waals surface area contributed by atoms with Crippen LogP contribution in [0, 0.1) is 5.82 Å². The van der Waals surface area contributed by atoms with Gasteiger partial charge in [0, 0.05) is 15.6 Å². The van der Waals surface area contributed by atoms with Crippen LogP contribution in [-0.4, -0.2) is 24.5 Å². The SMILES string of the molecule is CC1(NC(=O)c2cc(F)cc(Br)c2)CCNCC1. The van der Waals surface area contributed by atoms with E-state index in [1.54, 1.807) is 6.07 Å². The maximum Gasteiger partial charge on any atom is 0.251 e. The smallest absolute Gasteiger partial charge is 0.251 e. The summed E-state index contributed by atoms with van der Waals surface area (Å²) in [6.45, 7) is 3.81. The predicted octanol–water partition coefficient (Wildman–Crippen LogP) is 2.46. The third kappa shape index (κ3) is 3.29. The molecule has 0 bridgehead atoms. The van der Waals surface area contributed by atoms with Gasteiger partial charge >= 0.3 is 0 Å². The Bertz CT molecular complexity index is 438. The number of rotatable bonds is 2. The third-order valence-electron chi connectivity index (χ3n) is 3.25. The largest absolute Gasteiger partial charge is 0.347 e. The number of halogens is 2. The molecule has 98 valence electrons. The van der Waals surface area contributed by atoms with Crippen LogP contribution in [0.4, 0.5) is 4.39 Å². The lowest BCUT2D eigenvalue weighted by Crippen LogP contribution is -2.52. The summed E-state index contributed by atoms with van der Waals surface area (Å²) in [4.78, 5) is 12.1. The summed E-state index contributed by atoms with van der Waals surface area (Å²) in [5.74, 6) is -0.635. The van der Waals surface area contributed by atoms with Crippen molar-refractivity contribution in [1.29, 1.82) is 0 Å². The lowest BCUT2D eigenvalue weighted by molar-refractivity contribution is 0.0887. The molecule has 1 fully saturated rings. The lowest BCUT2D eigenvalue weighted by Gasteiger charge is -2.35. The van der Waals surface area contributed by atoms with E-state index in [1.165, 1.54) is 12.1 Å². The summed E-state index contributed by atoms with van der Waals surface area (Å²) >= 11 is 3.19. The molecule has 0 radical (unpaired) electrons. The molecule has 0 aromatic heterocycles. The molecule has 0 spiro atoms. The van der Waals surface area contributed by atoms with Gasteiger partial charge in [-0.25, -0.2) is 4.39 Å². The summed E-state index contributed by atoms with van der Waals surface area (Å²) in [5.41, 5.74) is 0.142. The quantitative estimate of drug-likeness (QED) is 0.880. The second-order valence-electron chi connectivity index (χ2n) is 4.92. The standard InChI is InChI=1S/C13H16BrFN2O/c1-13(2-4-16-5-3-13)17-12(18)9-6-10(14)8-11(15)7-9/h6-8,16H,2-5H2,1H3,(H,17,18). The Kier molecular flexibility index (Phi) is 4.02. The van der Waals surface area contributed by atoms with Gasteiger partial charge in [-0.05, 0) is 51.1 Å². The van der Waals surface area contributed by atoms with Crippen LogP contribution >= 0.6 is 15.9 Å². The van der Waals surface area contributed by atoms with Crippen LogP contribution < -0.4 is 10.6 Å². The predicted molar refractivity (Wildman–Crippen MR) is 72.1 cm³/mol. The molecule has 1 aromatic rings. The average Bonchev–Trinajstić information content (AvgIpc) is 2.28. The van der Waals surface area contributed by atoms with Crippen molar-refractivity contribution >= 4 is 21.8 Å². The van der Waals surface area contributed by atoms with Gasteiger partial charge in [-0.3, -0.25) is 4.79 Å². The molecular weight excluding hydrogens is 299 g/mol. The number of hydrogen-bond donors (Lipinski definition) is 2. The first kappa shape index (κ1) is 13.5. The third-order valence-corrected chi connectivity index (χ3v) is 3.70. The highest BCUT2D eigenvalue weighted by Gasteiger charge is 2.28. The van der Waals surface area contributed by atoms with E-state index in [0.29, 0.717) is 10.0 Å². The Balaban J connectivity index is 2.11. The van der Waals surface area contributed by atoms with Crippen molar-refractivity contribution in [3.8, 4) is 0 Å². The molecule has 0 saturated carbocycles. The fourth-order valence-corrected chi connectivity index (χ4v) is 2.60. The molecule has 1 aromatic carbocycles. The van der Waals surface area contributed by atoms with Crippen LogP contribution in [0.2, 0.25) is 0 Å². The van der Waals surface area contributed by atoms with Crippen molar-refractivity contribution in [2.24, 2.45) is 0 Å². The van der Waals surface area contributed by atoms with Crippen molar-refractivity contribution in [3.63, 3.8) is 0 Å². The molecule has 1 saturated heterocycles. The Morgan fingerprint density at radius 3 is 2.67 bits per heavy atom. The van der Waals surface area contributed by atoms with E-state index in [0.717, 1.165) is 25.9 Å². The minimum atomic E-state index is -0.412. The van der Waals surface area contributed by atoms with Crippen molar-refractivity contribution < 1.29 is 9.18 Å². The molecule has 2 N–H and O–H groups in total. The van der Waals surface area contributed by atoms with E-state index in [2.05, 4.69) is 26.6 Å². The van der Waals surface area contributed by atoms with Gasteiger partial charge in [-0.15, -0.1) is 0 Å². The van der Waals surface area contributed by atoms with E-state index in [4.69, 9.17) is 0 Å². The van der Waals surface area contributed by atoms with Gasteiger partial charge in [0.2, 0.25) is 0 Å². The molecule has 1 aliphatic rings. The highest BCUT2D eigenvalue weighted by atomic mass is 79.9. The summed E-state index contributed by atoms with van der Waals surface area (Å²) in [5, 5.41) is 6.25. The van der Waals surface area contributed by atoms with Crippen molar-refractivity contribution in [2.75, 3.05) is 13.1 Å². The van der Waals surface area contributed by atoms with Gasteiger partial charge < -0.3 is 10.6 Å². The molecule has 0 aliphatic carbocycles.